The maximum atomic E-state index is 13.1. The van der Waals surface area contributed by atoms with Crippen LogP contribution < -0.4 is 10.6 Å². The third-order valence-corrected chi connectivity index (χ3v) is 7.77. The van der Waals surface area contributed by atoms with Crippen molar-refractivity contribution in [1.82, 2.24) is 13.9 Å². The fraction of sp³-hybridized carbons (Fsp3) is 0.667. The van der Waals surface area contributed by atoms with E-state index in [1.165, 1.54) is 0 Å². The largest absolute Gasteiger partial charge is 0.338 e. The first-order valence-electron chi connectivity index (χ1n) is 10.6. The predicted molar refractivity (Wildman–Crippen MR) is 116 cm³/mol. The number of anilines is 1. The molecule has 0 bridgehead atoms. The lowest BCUT2D eigenvalue weighted by Gasteiger charge is -2.39. The molecule has 2 aliphatic rings. The summed E-state index contributed by atoms with van der Waals surface area (Å²) in [7, 11) is -3.44. The van der Waals surface area contributed by atoms with Crippen LogP contribution in [0.4, 0.5) is 10.5 Å². The number of carbonyl (C=O) groups is 1. The zero-order valence-electron chi connectivity index (χ0n) is 17.7. The predicted octanol–water partition coefficient (Wildman–Crippen LogP) is 3.05. The van der Waals surface area contributed by atoms with Crippen molar-refractivity contribution in [3.05, 3.63) is 29.8 Å². The minimum Gasteiger partial charge on any atom is -0.338 e. The van der Waals surface area contributed by atoms with Crippen LogP contribution in [0.5, 0.6) is 0 Å². The highest BCUT2D eigenvalue weighted by Gasteiger charge is 2.37. The van der Waals surface area contributed by atoms with Crippen LogP contribution in [0.25, 0.3) is 0 Å². The van der Waals surface area contributed by atoms with E-state index < -0.39 is 10.2 Å². The van der Waals surface area contributed by atoms with E-state index >= 15 is 0 Å². The lowest BCUT2D eigenvalue weighted by Crippen LogP contribution is -2.53. The highest BCUT2D eigenvalue weighted by molar-refractivity contribution is 7.86. The second-order valence-electron chi connectivity index (χ2n) is 8.84. The van der Waals surface area contributed by atoms with E-state index in [9.17, 15) is 13.2 Å². The Morgan fingerprint density at radius 1 is 1.07 bits per heavy atom. The second kappa shape index (κ2) is 9.45. The number of rotatable bonds is 5. The van der Waals surface area contributed by atoms with Gasteiger partial charge in [-0.3, -0.25) is 0 Å². The molecule has 2 heterocycles. The molecule has 8 heteroatoms. The third kappa shape index (κ3) is 5.93. The topological polar surface area (TPSA) is 81.8 Å². The summed E-state index contributed by atoms with van der Waals surface area (Å²) in [6, 6.07) is 7.37. The molecular weight excluding hydrogens is 388 g/mol. The van der Waals surface area contributed by atoms with Gasteiger partial charge >= 0.3 is 6.03 Å². The van der Waals surface area contributed by atoms with E-state index in [0.29, 0.717) is 44.6 Å². The van der Waals surface area contributed by atoms with Crippen LogP contribution in [0, 0.1) is 24.7 Å². The maximum absolute atomic E-state index is 13.1. The number of nitrogens with zero attached hydrogens (tertiary/aromatic N) is 2. The molecular formula is C21H34N4O3S. The van der Waals surface area contributed by atoms with Gasteiger partial charge in [0.05, 0.1) is 0 Å². The van der Waals surface area contributed by atoms with Gasteiger partial charge in [-0.05, 0) is 56.1 Å². The lowest BCUT2D eigenvalue weighted by molar-refractivity contribution is 0.192. The molecule has 2 N–H and O–H groups in total. The number of aryl methyl sites for hydroxylation is 1. The average molecular weight is 423 g/mol. The molecule has 3 rings (SSSR count). The van der Waals surface area contributed by atoms with Crippen molar-refractivity contribution in [1.29, 1.82) is 0 Å². The normalized spacial score (nSPS) is 26.8. The molecule has 162 valence electrons. The molecule has 0 aromatic heterocycles. The van der Waals surface area contributed by atoms with Crippen LogP contribution in [0.1, 0.15) is 38.7 Å². The number of amides is 2. The molecule has 3 unspecified atom stereocenters. The number of carbonyl (C=O) groups excluding carboxylic acids is 1. The van der Waals surface area contributed by atoms with Crippen LogP contribution in [0.15, 0.2) is 24.3 Å². The van der Waals surface area contributed by atoms with E-state index in [4.69, 9.17) is 0 Å². The third-order valence-electron chi connectivity index (χ3n) is 5.83. The zero-order valence-corrected chi connectivity index (χ0v) is 18.5. The number of benzene rings is 1. The SMILES string of the molecule is Cc1ccc(NC(=O)NCC2CCCN(S(=O)(=O)N3CC(C)CC(C)C3)C2)cc1. The Kier molecular flexibility index (Phi) is 7.19. The number of nitrogens with one attached hydrogen (secondary N) is 2. The summed E-state index contributed by atoms with van der Waals surface area (Å²) in [5.41, 5.74) is 1.88. The summed E-state index contributed by atoms with van der Waals surface area (Å²) >= 11 is 0. The van der Waals surface area contributed by atoms with Crippen LogP contribution in [-0.2, 0) is 10.2 Å². The van der Waals surface area contributed by atoms with Crippen LogP contribution in [0.3, 0.4) is 0 Å². The number of hydrogen-bond acceptors (Lipinski definition) is 3. The van der Waals surface area contributed by atoms with Crippen molar-refractivity contribution in [2.75, 3.05) is 38.0 Å². The number of piperidine rings is 2. The Morgan fingerprint density at radius 3 is 2.38 bits per heavy atom. The van der Waals surface area contributed by atoms with Crippen molar-refractivity contribution < 1.29 is 13.2 Å². The van der Waals surface area contributed by atoms with Gasteiger partial charge < -0.3 is 10.6 Å². The van der Waals surface area contributed by atoms with Crippen molar-refractivity contribution in [2.24, 2.45) is 17.8 Å². The monoisotopic (exact) mass is 422 g/mol. The molecule has 7 nitrogen and oxygen atoms in total. The van der Waals surface area contributed by atoms with E-state index in [1.54, 1.807) is 8.61 Å². The van der Waals surface area contributed by atoms with Gasteiger partial charge in [-0.2, -0.15) is 17.0 Å². The first-order chi connectivity index (χ1) is 13.7. The second-order valence-corrected chi connectivity index (χ2v) is 10.8. The summed E-state index contributed by atoms with van der Waals surface area (Å²) in [4.78, 5) is 12.2. The molecule has 2 aliphatic heterocycles. The number of urea groups is 1. The van der Waals surface area contributed by atoms with Gasteiger partial charge in [0.25, 0.3) is 10.2 Å². The van der Waals surface area contributed by atoms with Gasteiger partial charge in [0.15, 0.2) is 0 Å². The van der Waals surface area contributed by atoms with Crippen molar-refractivity contribution in [3.8, 4) is 0 Å². The van der Waals surface area contributed by atoms with Gasteiger partial charge in [-0.1, -0.05) is 31.5 Å². The molecule has 29 heavy (non-hydrogen) atoms. The van der Waals surface area contributed by atoms with E-state index in [0.717, 1.165) is 30.5 Å². The highest BCUT2D eigenvalue weighted by Crippen LogP contribution is 2.27. The fourth-order valence-corrected chi connectivity index (χ4v) is 6.38. The van der Waals surface area contributed by atoms with Gasteiger partial charge in [0, 0.05) is 38.4 Å². The van der Waals surface area contributed by atoms with Crippen LogP contribution in [-0.4, -0.2) is 55.8 Å². The Bertz CT molecular complexity index is 787. The Hall–Kier alpha value is -1.64. The van der Waals surface area contributed by atoms with Crippen LogP contribution in [0.2, 0.25) is 0 Å². The number of hydrogen-bond donors (Lipinski definition) is 2. The smallest absolute Gasteiger partial charge is 0.319 e. The summed E-state index contributed by atoms with van der Waals surface area (Å²) in [5, 5.41) is 5.72. The first-order valence-corrected chi connectivity index (χ1v) is 12.0. The molecule has 3 atom stereocenters. The van der Waals surface area contributed by atoms with Gasteiger partial charge in [0.2, 0.25) is 0 Å². The summed E-state index contributed by atoms with van der Waals surface area (Å²) < 4.78 is 29.5. The van der Waals surface area contributed by atoms with E-state index in [-0.39, 0.29) is 11.9 Å². The summed E-state index contributed by atoms with van der Waals surface area (Å²) in [6.07, 6.45) is 2.82. The Morgan fingerprint density at radius 2 is 1.72 bits per heavy atom. The van der Waals surface area contributed by atoms with Crippen molar-refractivity contribution in [2.45, 2.75) is 40.0 Å². The standard InChI is InChI=1S/C21H34N4O3S/c1-16-6-8-20(9-7-16)23-21(26)22-12-19-5-4-10-24(15-19)29(27,28)25-13-17(2)11-18(3)14-25/h6-9,17-19H,4-5,10-15H2,1-3H3,(H2,22,23,26). The molecule has 2 saturated heterocycles. The van der Waals surface area contributed by atoms with Crippen molar-refractivity contribution >= 4 is 21.9 Å². The summed E-state index contributed by atoms with van der Waals surface area (Å²) in [6.45, 7) is 8.94. The van der Waals surface area contributed by atoms with Gasteiger partial charge in [-0.25, -0.2) is 4.79 Å². The molecule has 2 fully saturated rings. The summed E-state index contributed by atoms with van der Waals surface area (Å²) in [5.74, 6) is 0.907. The quantitative estimate of drug-likeness (QED) is 0.765. The fourth-order valence-electron chi connectivity index (χ4n) is 4.41. The first kappa shape index (κ1) is 22.1. The van der Waals surface area contributed by atoms with E-state index in [2.05, 4.69) is 24.5 Å². The molecule has 0 radical (unpaired) electrons. The molecule has 0 saturated carbocycles. The molecule has 1 aromatic rings. The highest BCUT2D eigenvalue weighted by atomic mass is 32.2. The lowest BCUT2D eigenvalue weighted by atomic mass is 9.94. The van der Waals surface area contributed by atoms with Gasteiger partial charge in [0.1, 0.15) is 0 Å². The zero-order chi connectivity index (χ0) is 21.0. The average Bonchev–Trinajstić information content (AvgIpc) is 2.68. The van der Waals surface area contributed by atoms with Crippen molar-refractivity contribution in [3.63, 3.8) is 0 Å². The minimum absolute atomic E-state index is 0.127. The molecule has 0 aliphatic carbocycles. The van der Waals surface area contributed by atoms with E-state index in [1.807, 2.05) is 31.2 Å². The Labute approximate surface area is 175 Å². The maximum Gasteiger partial charge on any atom is 0.319 e. The van der Waals surface area contributed by atoms with Gasteiger partial charge in [-0.15, -0.1) is 0 Å². The molecule has 1 aromatic carbocycles. The van der Waals surface area contributed by atoms with Crippen LogP contribution >= 0.6 is 0 Å². The Balaban J connectivity index is 1.52. The minimum atomic E-state index is -3.44. The molecule has 2 amide bonds. The molecule has 0 spiro atoms.